The van der Waals surface area contributed by atoms with E-state index in [4.69, 9.17) is 0 Å². The average Bonchev–Trinajstić information content (AvgIpc) is 2.85. The number of fused-ring (bicyclic) bond motifs is 4. The van der Waals surface area contributed by atoms with Gasteiger partial charge in [0.05, 0.1) is 15.9 Å². The van der Waals surface area contributed by atoms with Crippen molar-refractivity contribution in [3.63, 3.8) is 0 Å². The fraction of sp³-hybridized carbons (Fsp3) is 0.348. The molecule has 2 atom stereocenters. The average molecular weight is 514 g/mol. The fourth-order valence-electron chi connectivity index (χ4n) is 5.30. The number of non-ortho nitro benzene ring substituents is 1. The summed E-state index contributed by atoms with van der Waals surface area (Å²) in [6, 6.07) is 8.77. The van der Waals surface area contributed by atoms with Crippen LogP contribution in [-0.4, -0.2) is 73.1 Å². The third-order valence-corrected chi connectivity index (χ3v) is 9.12. The number of imide groups is 2. The zero-order valence-electron chi connectivity index (χ0n) is 19.5. The molecule has 0 bridgehead atoms. The van der Waals surface area contributed by atoms with Gasteiger partial charge in [-0.25, -0.2) is 13.2 Å². The van der Waals surface area contributed by atoms with Crippen molar-refractivity contribution in [2.75, 3.05) is 31.6 Å². The normalized spacial score (nSPS) is 24.4. The fourth-order valence-corrected chi connectivity index (χ4v) is 6.74. The molecule has 2 aromatic carbocycles. The molecular formula is C23H23N5O7S. The summed E-state index contributed by atoms with van der Waals surface area (Å²) in [5, 5.41) is 13.6. The van der Waals surface area contributed by atoms with Gasteiger partial charge in [0.25, 0.3) is 5.69 Å². The quantitative estimate of drug-likeness (QED) is 0.363. The van der Waals surface area contributed by atoms with Gasteiger partial charge >= 0.3 is 6.03 Å². The second-order valence-corrected chi connectivity index (χ2v) is 11.2. The maximum atomic E-state index is 13.6. The van der Waals surface area contributed by atoms with Crippen LogP contribution in [-0.2, 0) is 26.0 Å². The molecule has 2 saturated heterocycles. The van der Waals surface area contributed by atoms with Crippen LogP contribution >= 0.6 is 0 Å². The van der Waals surface area contributed by atoms with Gasteiger partial charge in [-0.1, -0.05) is 17.7 Å². The second-order valence-electron chi connectivity index (χ2n) is 9.23. The Kier molecular flexibility index (Phi) is 5.37. The molecule has 0 aromatic heterocycles. The Morgan fingerprint density at radius 1 is 1.08 bits per heavy atom. The lowest BCUT2D eigenvalue weighted by Gasteiger charge is -2.54. The molecule has 12 nitrogen and oxygen atoms in total. The Labute approximate surface area is 206 Å². The van der Waals surface area contributed by atoms with Crippen molar-refractivity contribution in [1.29, 1.82) is 0 Å². The van der Waals surface area contributed by atoms with E-state index in [1.807, 2.05) is 6.92 Å². The van der Waals surface area contributed by atoms with Crippen LogP contribution in [0.4, 0.5) is 16.2 Å². The number of barbiturate groups is 1. The molecule has 3 heterocycles. The monoisotopic (exact) mass is 513 g/mol. The maximum Gasteiger partial charge on any atom is 0.330 e. The van der Waals surface area contributed by atoms with Crippen molar-refractivity contribution in [3.05, 3.63) is 63.7 Å². The smallest absolute Gasteiger partial charge is 0.330 e. The number of nitro benzene ring substituents is 1. The Hall–Kier alpha value is -3.84. The molecule has 36 heavy (non-hydrogen) atoms. The topological polar surface area (TPSA) is 150 Å². The zero-order valence-corrected chi connectivity index (χ0v) is 20.3. The summed E-state index contributed by atoms with van der Waals surface area (Å²) in [5.41, 5.74) is -0.166. The molecule has 188 valence electrons. The highest BCUT2D eigenvalue weighted by Crippen LogP contribution is 2.46. The van der Waals surface area contributed by atoms with Gasteiger partial charge in [-0.3, -0.25) is 29.9 Å². The summed E-state index contributed by atoms with van der Waals surface area (Å²) < 4.78 is 28.2. The van der Waals surface area contributed by atoms with Gasteiger partial charge in [-0.2, -0.15) is 4.31 Å². The second kappa shape index (κ2) is 8.10. The number of hydrogen-bond acceptors (Lipinski definition) is 8. The molecule has 4 amide bonds. The summed E-state index contributed by atoms with van der Waals surface area (Å²) >= 11 is 0. The Bertz CT molecular complexity index is 1420. The van der Waals surface area contributed by atoms with E-state index in [1.165, 1.54) is 35.6 Å². The van der Waals surface area contributed by atoms with Crippen molar-refractivity contribution in [3.8, 4) is 0 Å². The van der Waals surface area contributed by atoms with Crippen LogP contribution in [0, 0.1) is 22.5 Å². The van der Waals surface area contributed by atoms with Gasteiger partial charge in [0, 0.05) is 50.9 Å². The molecule has 5 rings (SSSR count). The van der Waals surface area contributed by atoms with Gasteiger partial charge < -0.3 is 4.90 Å². The number of urea groups is 1. The van der Waals surface area contributed by atoms with Gasteiger partial charge in [0.2, 0.25) is 21.8 Å². The summed E-state index contributed by atoms with van der Waals surface area (Å²) in [6.07, 6.45) is -0.216. The first-order valence-electron chi connectivity index (χ1n) is 11.2. The number of aryl methyl sites for hydroxylation is 1. The first kappa shape index (κ1) is 23.9. The molecule has 0 radical (unpaired) electrons. The Morgan fingerprint density at radius 2 is 1.78 bits per heavy atom. The SMILES string of the molecule is Cc1ccc(S(=O)(=O)N2CCN3c4ccc([N+](=O)[O-])cc4C[C@@]4(C(=O)NC(=O)N(C)C4=O)[C@@H]3C2)cc1. The number of anilines is 1. The lowest BCUT2D eigenvalue weighted by atomic mass is 9.68. The predicted octanol–water partition coefficient (Wildman–Crippen LogP) is 1.03. The Balaban J connectivity index is 1.63. The maximum absolute atomic E-state index is 13.6. The van der Waals surface area contributed by atoms with Crippen LogP contribution in [0.3, 0.4) is 0 Å². The van der Waals surface area contributed by atoms with E-state index in [0.29, 0.717) is 11.3 Å². The number of hydrogen-bond donors (Lipinski definition) is 1. The van der Waals surface area contributed by atoms with E-state index in [2.05, 4.69) is 5.32 Å². The van der Waals surface area contributed by atoms with E-state index < -0.39 is 44.2 Å². The molecule has 0 unspecified atom stereocenters. The lowest BCUT2D eigenvalue weighted by Crippen LogP contribution is -2.74. The van der Waals surface area contributed by atoms with Crippen LogP contribution in [0.15, 0.2) is 47.4 Å². The number of nitro groups is 1. The molecule has 2 fully saturated rings. The van der Waals surface area contributed by atoms with E-state index in [9.17, 15) is 32.9 Å². The minimum absolute atomic E-state index is 0.0732. The molecule has 0 saturated carbocycles. The highest BCUT2D eigenvalue weighted by atomic mass is 32.2. The van der Waals surface area contributed by atoms with E-state index >= 15 is 0 Å². The van der Waals surface area contributed by atoms with Crippen molar-refractivity contribution in [2.24, 2.45) is 5.41 Å². The van der Waals surface area contributed by atoms with E-state index in [1.54, 1.807) is 23.1 Å². The lowest BCUT2D eigenvalue weighted by molar-refractivity contribution is -0.384. The van der Waals surface area contributed by atoms with Crippen molar-refractivity contribution in [2.45, 2.75) is 24.3 Å². The van der Waals surface area contributed by atoms with Crippen LogP contribution in [0.25, 0.3) is 0 Å². The van der Waals surface area contributed by atoms with Crippen LogP contribution in [0.1, 0.15) is 11.1 Å². The first-order valence-corrected chi connectivity index (χ1v) is 12.6. The van der Waals surface area contributed by atoms with Gasteiger partial charge in [-0.15, -0.1) is 0 Å². The number of carbonyl (C=O) groups is 3. The van der Waals surface area contributed by atoms with Gasteiger partial charge in [-0.05, 0) is 30.7 Å². The van der Waals surface area contributed by atoms with Crippen molar-refractivity contribution in [1.82, 2.24) is 14.5 Å². The van der Waals surface area contributed by atoms with Gasteiger partial charge in [0.15, 0.2) is 5.41 Å². The number of amides is 4. The summed E-state index contributed by atoms with van der Waals surface area (Å²) in [5.74, 6) is -1.63. The molecular weight excluding hydrogens is 490 g/mol. The largest absolute Gasteiger partial charge is 0.364 e. The molecule has 3 aliphatic heterocycles. The number of piperazine rings is 1. The predicted molar refractivity (Wildman–Crippen MR) is 127 cm³/mol. The minimum atomic E-state index is -3.95. The number of nitrogens with zero attached hydrogens (tertiary/aromatic N) is 4. The van der Waals surface area contributed by atoms with Crippen LogP contribution in [0.2, 0.25) is 0 Å². The Morgan fingerprint density at radius 3 is 2.44 bits per heavy atom. The minimum Gasteiger partial charge on any atom is -0.364 e. The number of benzene rings is 2. The summed E-state index contributed by atoms with van der Waals surface area (Å²) in [7, 11) is -2.71. The zero-order chi connectivity index (χ0) is 26.0. The third kappa shape index (κ3) is 3.38. The number of sulfonamides is 1. The van der Waals surface area contributed by atoms with Crippen LogP contribution < -0.4 is 10.2 Å². The number of rotatable bonds is 3. The van der Waals surface area contributed by atoms with E-state index in [0.717, 1.165) is 10.5 Å². The summed E-state index contributed by atoms with van der Waals surface area (Å²) in [6.45, 7) is 1.87. The van der Waals surface area contributed by atoms with E-state index in [-0.39, 0.29) is 36.6 Å². The van der Waals surface area contributed by atoms with Crippen molar-refractivity contribution < 1.29 is 27.7 Å². The number of nitrogens with one attached hydrogen (secondary N) is 1. The van der Waals surface area contributed by atoms with Crippen LogP contribution in [0.5, 0.6) is 0 Å². The third-order valence-electron chi connectivity index (χ3n) is 7.24. The molecule has 1 N–H and O–H groups in total. The molecule has 1 spiro atoms. The molecule has 13 heteroatoms. The standard InChI is InChI=1S/C23H23N5O7S/c1-14-3-6-17(7-4-14)36(34,35)26-9-10-27-18-8-5-16(28(32)33)11-15(18)12-23(19(27)13-26)20(29)24-22(31)25(2)21(23)30/h3-8,11,19H,9-10,12-13H2,1-2H3,(H,24,29,31)/t19-,23-/m0/s1. The molecule has 0 aliphatic carbocycles. The highest BCUT2D eigenvalue weighted by Gasteiger charge is 2.63. The van der Waals surface area contributed by atoms with Crippen molar-refractivity contribution >= 4 is 39.2 Å². The molecule has 2 aromatic rings. The highest BCUT2D eigenvalue weighted by molar-refractivity contribution is 7.89. The first-order chi connectivity index (χ1) is 17.0. The van der Waals surface area contributed by atoms with Gasteiger partial charge in [0.1, 0.15) is 0 Å². The molecule has 3 aliphatic rings. The number of carbonyl (C=O) groups excluding carboxylic acids is 3. The summed E-state index contributed by atoms with van der Waals surface area (Å²) in [4.78, 5) is 52.6.